The van der Waals surface area contributed by atoms with Crippen molar-refractivity contribution >= 4 is 19.8 Å². The third-order valence-corrected chi connectivity index (χ3v) is 17.1. The number of esters is 2. The number of likely N-dealkylation sites (N-methyl/N-ethyl adjacent to an activating group) is 1. The van der Waals surface area contributed by atoms with Crippen molar-refractivity contribution in [1.29, 1.82) is 0 Å². The number of unbranched alkanes of at least 4 members (excludes halogenated alkanes) is 45. The van der Waals surface area contributed by atoms with Crippen LogP contribution in [0.25, 0.3) is 0 Å². The third-order valence-electron chi connectivity index (χ3n) is 16.1. The van der Waals surface area contributed by atoms with Crippen LogP contribution in [0.1, 0.15) is 354 Å². The second-order valence-corrected chi connectivity index (χ2v) is 27.0. The molecule has 488 valence electrons. The number of phosphoric ester groups is 1. The first kappa shape index (κ1) is 81.0. The number of ether oxygens (including phenoxy) is 2. The fourth-order valence-electron chi connectivity index (χ4n) is 10.7. The molecule has 0 aromatic heterocycles. The topological polar surface area (TPSA) is 111 Å². The zero-order valence-corrected chi connectivity index (χ0v) is 56.6. The van der Waals surface area contributed by atoms with Gasteiger partial charge in [-0.3, -0.25) is 14.2 Å². The first-order chi connectivity index (χ1) is 40.5. The zero-order chi connectivity index (χ0) is 60.5. The first-order valence-electron chi connectivity index (χ1n) is 35.8. The fourth-order valence-corrected chi connectivity index (χ4v) is 11.4. The molecule has 83 heavy (non-hydrogen) atoms. The van der Waals surface area contributed by atoms with Gasteiger partial charge in [-0.1, -0.05) is 339 Å². The Kier molecular flexibility index (Phi) is 62.9. The molecule has 0 bridgehead atoms. The highest BCUT2D eigenvalue weighted by molar-refractivity contribution is 7.45. The Balaban J connectivity index is 3.97. The summed E-state index contributed by atoms with van der Waals surface area (Å²) >= 11 is 0. The standard InChI is InChI=1S/C73H138NO8P/c1-6-8-10-12-14-16-18-20-22-24-26-28-30-32-34-35-36-37-38-39-40-42-44-46-48-50-52-54-56-58-60-62-64-66-73(76)82-71(70-81-83(77,78)80-68-67-74(3,4)5)69-79-72(75)65-63-61-59-57-55-53-51-49-47-45-43-41-33-31-29-27-25-23-21-19-17-15-13-11-9-7-2/h8,10,14,16,20,22,26,28,71H,6-7,9,11-13,15,17-19,21,23-25,27,29-70H2,1-5H3/b10-8-,16-14-,22-20-,28-26-. The van der Waals surface area contributed by atoms with Crippen molar-refractivity contribution in [3.05, 3.63) is 48.6 Å². The van der Waals surface area contributed by atoms with E-state index in [1.807, 2.05) is 21.1 Å². The number of carbonyl (C=O) groups is 2. The van der Waals surface area contributed by atoms with Gasteiger partial charge in [0.1, 0.15) is 19.8 Å². The van der Waals surface area contributed by atoms with Gasteiger partial charge in [-0.05, 0) is 51.4 Å². The van der Waals surface area contributed by atoms with Crippen LogP contribution in [0.15, 0.2) is 48.6 Å². The smallest absolute Gasteiger partial charge is 0.306 e. The quantitative estimate of drug-likeness (QED) is 0.0195. The molecule has 0 aliphatic carbocycles. The van der Waals surface area contributed by atoms with Gasteiger partial charge in [-0.15, -0.1) is 0 Å². The number of nitrogens with zero attached hydrogens (tertiary/aromatic N) is 1. The lowest BCUT2D eigenvalue weighted by Crippen LogP contribution is -2.37. The van der Waals surface area contributed by atoms with Crippen molar-refractivity contribution in [1.82, 2.24) is 0 Å². The van der Waals surface area contributed by atoms with Crippen LogP contribution in [0, 0.1) is 0 Å². The zero-order valence-electron chi connectivity index (χ0n) is 55.7. The Labute approximate surface area is 515 Å². The van der Waals surface area contributed by atoms with Gasteiger partial charge in [0.25, 0.3) is 7.82 Å². The maximum atomic E-state index is 12.9. The lowest BCUT2D eigenvalue weighted by atomic mass is 10.0. The fraction of sp³-hybridized carbons (Fsp3) is 0.863. The van der Waals surface area contributed by atoms with Crippen molar-refractivity contribution in [3.8, 4) is 0 Å². The first-order valence-corrected chi connectivity index (χ1v) is 37.3. The summed E-state index contributed by atoms with van der Waals surface area (Å²) in [4.78, 5) is 38.1. The minimum atomic E-state index is -4.64. The van der Waals surface area contributed by atoms with Crippen LogP contribution in [-0.4, -0.2) is 70.0 Å². The summed E-state index contributed by atoms with van der Waals surface area (Å²) in [6.45, 7) is 4.20. The van der Waals surface area contributed by atoms with E-state index in [0.29, 0.717) is 17.4 Å². The van der Waals surface area contributed by atoms with Crippen LogP contribution in [-0.2, 0) is 32.7 Å². The van der Waals surface area contributed by atoms with Crippen LogP contribution < -0.4 is 4.89 Å². The summed E-state index contributed by atoms with van der Waals surface area (Å²) in [5.41, 5.74) is 0. The number of allylic oxidation sites excluding steroid dienone is 8. The van der Waals surface area contributed by atoms with E-state index in [9.17, 15) is 19.0 Å². The van der Waals surface area contributed by atoms with Gasteiger partial charge < -0.3 is 27.9 Å². The van der Waals surface area contributed by atoms with E-state index < -0.39 is 26.5 Å². The number of hydrogen-bond acceptors (Lipinski definition) is 8. The molecule has 0 saturated carbocycles. The highest BCUT2D eigenvalue weighted by Gasteiger charge is 2.22. The molecule has 0 fully saturated rings. The number of rotatable bonds is 67. The van der Waals surface area contributed by atoms with Gasteiger partial charge in [-0.2, -0.15) is 0 Å². The summed E-state index contributed by atoms with van der Waals surface area (Å²) in [5.74, 6) is -0.811. The van der Waals surface area contributed by atoms with Gasteiger partial charge in [0.2, 0.25) is 0 Å². The van der Waals surface area contributed by atoms with Gasteiger partial charge in [0.15, 0.2) is 6.10 Å². The number of quaternary nitrogens is 1. The largest absolute Gasteiger partial charge is 0.756 e. The molecule has 9 nitrogen and oxygen atoms in total. The van der Waals surface area contributed by atoms with E-state index in [-0.39, 0.29) is 32.0 Å². The SMILES string of the molecule is CC/C=C\C/C=C\C/C=C\C/C=C\CCCCCCCCCCCCCCCCCCCCCCC(=O)OC(COC(=O)CCCCCCCCCCCCCCCCCCCCCCCCCCCC)COP(=O)([O-])OCC[N+](C)(C)C. The van der Waals surface area contributed by atoms with E-state index in [2.05, 4.69) is 62.5 Å². The summed E-state index contributed by atoms with van der Waals surface area (Å²) < 4.78 is 34.4. The molecule has 0 heterocycles. The van der Waals surface area contributed by atoms with Gasteiger partial charge in [0.05, 0.1) is 27.7 Å². The van der Waals surface area contributed by atoms with E-state index in [1.54, 1.807) is 0 Å². The number of carbonyl (C=O) groups excluding carboxylic acids is 2. The van der Waals surface area contributed by atoms with Gasteiger partial charge in [-0.25, -0.2) is 0 Å². The molecule has 2 unspecified atom stereocenters. The van der Waals surface area contributed by atoms with Crippen LogP contribution in [0.2, 0.25) is 0 Å². The van der Waals surface area contributed by atoms with Crippen molar-refractivity contribution < 1.29 is 42.1 Å². The van der Waals surface area contributed by atoms with Crippen molar-refractivity contribution in [3.63, 3.8) is 0 Å². The van der Waals surface area contributed by atoms with E-state index in [1.165, 1.54) is 263 Å². The number of phosphoric acid groups is 1. The molecule has 0 aromatic carbocycles. The average Bonchev–Trinajstić information content (AvgIpc) is 3.48. The molecule has 0 radical (unpaired) electrons. The van der Waals surface area contributed by atoms with Crippen LogP contribution in [0.4, 0.5) is 0 Å². The van der Waals surface area contributed by atoms with E-state index >= 15 is 0 Å². The lowest BCUT2D eigenvalue weighted by Gasteiger charge is -2.28. The highest BCUT2D eigenvalue weighted by Crippen LogP contribution is 2.38. The summed E-state index contributed by atoms with van der Waals surface area (Å²) in [5, 5.41) is 0. The van der Waals surface area contributed by atoms with Gasteiger partial charge >= 0.3 is 11.9 Å². The predicted octanol–water partition coefficient (Wildman–Crippen LogP) is 22.6. The van der Waals surface area contributed by atoms with Crippen LogP contribution in [0.3, 0.4) is 0 Å². The molecule has 0 aromatic rings. The molecular formula is C73H138NO8P. The minimum Gasteiger partial charge on any atom is -0.756 e. The lowest BCUT2D eigenvalue weighted by molar-refractivity contribution is -0.870. The van der Waals surface area contributed by atoms with Crippen LogP contribution in [0.5, 0.6) is 0 Å². The summed E-state index contributed by atoms with van der Waals surface area (Å²) in [6, 6.07) is 0. The van der Waals surface area contributed by atoms with Crippen LogP contribution >= 0.6 is 7.82 Å². The maximum Gasteiger partial charge on any atom is 0.306 e. The number of hydrogen-bond donors (Lipinski definition) is 0. The molecule has 0 aliphatic rings. The predicted molar refractivity (Wildman–Crippen MR) is 356 cm³/mol. The molecule has 10 heteroatoms. The average molecular weight is 1190 g/mol. The highest BCUT2D eigenvalue weighted by atomic mass is 31.2. The van der Waals surface area contributed by atoms with Gasteiger partial charge in [0, 0.05) is 12.8 Å². The second-order valence-electron chi connectivity index (χ2n) is 25.6. The molecule has 2 atom stereocenters. The summed E-state index contributed by atoms with van der Waals surface area (Å²) in [6.07, 6.45) is 83.5. The minimum absolute atomic E-state index is 0.0279. The second kappa shape index (κ2) is 64.4. The molecule has 0 N–H and O–H groups in total. The van der Waals surface area contributed by atoms with Crippen molar-refractivity contribution in [2.45, 2.75) is 360 Å². The Morgan fingerprint density at radius 1 is 0.386 bits per heavy atom. The molecule has 0 saturated heterocycles. The van der Waals surface area contributed by atoms with E-state index in [4.69, 9.17) is 18.5 Å². The Bertz CT molecular complexity index is 1540. The molecule has 0 spiro atoms. The van der Waals surface area contributed by atoms with Crippen molar-refractivity contribution in [2.24, 2.45) is 0 Å². The van der Waals surface area contributed by atoms with E-state index in [0.717, 1.165) is 57.8 Å². The molecule has 0 rings (SSSR count). The Morgan fingerprint density at radius 2 is 0.687 bits per heavy atom. The molecule has 0 amide bonds. The Hall–Kier alpha value is -2.03. The third kappa shape index (κ3) is 68.9. The monoisotopic (exact) mass is 1190 g/mol. The normalized spacial score (nSPS) is 13.4. The maximum absolute atomic E-state index is 12.9. The summed E-state index contributed by atoms with van der Waals surface area (Å²) in [7, 11) is 1.19. The molecule has 0 aliphatic heterocycles. The Morgan fingerprint density at radius 3 is 1.02 bits per heavy atom. The molecular weight excluding hydrogens is 1050 g/mol. The van der Waals surface area contributed by atoms with Crippen molar-refractivity contribution in [2.75, 3.05) is 47.5 Å².